The third-order valence-corrected chi connectivity index (χ3v) is 8.58. The highest BCUT2D eigenvalue weighted by Crippen LogP contribution is 2.30. The predicted octanol–water partition coefficient (Wildman–Crippen LogP) is 2.64. The predicted molar refractivity (Wildman–Crippen MR) is 133 cm³/mol. The molecule has 3 rings (SSSR count). The molecule has 0 aromatic carbocycles. The Kier molecular flexibility index (Phi) is 11.7. The van der Waals surface area contributed by atoms with E-state index >= 15 is 0 Å². The van der Waals surface area contributed by atoms with Crippen molar-refractivity contribution in [3.05, 3.63) is 0 Å². The zero-order valence-electron chi connectivity index (χ0n) is 21.1. The Labute approximate surface area is 197 Å². The molecule has 3 aliphatic rings. The summed E-state index contributed by atoms with van der Waals surface area (Å²) in [6, 6.07) is 2.58. The highest BCUT2D eigenvalue weighted by Gasteiger charge is 2.35. The summed E-state index contributed by atoms with van der Waals surface area (Å²) in [4.78, 5) is 10.8. The summed E-state index contributed by atoms with van der Waals surface area (Å²) in [7, 11) is 4.71. The molecule has 6 nitrogen and oxygen atoms in total. The molecule has 0 bridgehead atoms. The minimum atomic E-state index is 0.303. The first kappa shape index (κ1) is 26.4. The molecule has 3 fully saturated rings. The second-order valence-corrected chi connectivity index (χ2v) is 10.7. The lowest BCUT2D eigenvalue weighted by Gasteiger charge is -2.47. The third-order valence-electron chi connectivity index (χ3n) is 8.58. The average molecular weight is 453 g/mol. The van der Waals surface area contributed by atoms with Gasteiger partial charge in [0.2, 0.25) is 0 Å². The number of aliphatic hydroxyl groups excluding tert-OH is 2. The second-order valence-electron chi connectivity index (χ2n) is 10.7. The quantitative estimate of drug-likeness (QED) is 0.646. The van der Waals surface area contributed by atoms with Gasteiger partial charge in [0.15, 0.2) is 0 Å². The van der Waals surface area contributed by atoms with Crippen LogP contribution < -0.4 is 0 Å². The Morgan fingerprint density at radius 3 is 1.28 bits per heavy atom. The van der Waals surface area contributed by atoms with Crippen molar-refractivity contribution in [2.75, 3.05) is 66.6 Å². The summed E-state index contributed by atoms with van der Waals surface area (Å²) >= 11 is 0. The molecule has 2 saturated carbocycles. The van der Waals surface area contributed by atoms with Crippen LogP contribution in [-0.4, -0.2) is 121 Å². The number of fused-ring (bicyclic) bond motifs is 2. The highest BCUT2D eigenvalue weighted by molar-refractivity contribution is 4.92. The lowest BCUT2D eigenvalue weighted by atomic mass is 9.87. The van der Waals surface area contributed by atoms with Crippen LogP contribution in [0.15, 0.2) is 0 Å². The summed E-state index contributed by atoms with van der Waals surface area (Å²) in [5.74, 6) is 0. The van der Waals surface area contributed by atoms with Gasteiger partial charge in [0.05, 0.1) is 0 Å². The van der Waals surface area contributed by atoms with Crippen molar-refractivity contribution in [1.29, 1.82) is 0 Å². The molecule has 32 heavy (non-hydrogen) atoms. The van der Waals surface area contributed by atoms with E-state index in [2.05, 4.69) is 33.7 Å². The van der Waals surface area contributed by atoms with Crippen molar-refractivity contribution in [3.63, 3.8) is 0 Å². The number of aliphatic hydroxyl groups is 2. The summed E-state index contributed by atoms with van der Waals surface area (Å²) in [6.45, 7) is 7.33. The maximum Gasteiger partial charge on any atom is 0.0443 e. The van der Waals surface area contributed by atoms with Crippen LogP contribution in [0.3, 0.4) is 0 Å². The zero-order chi connectivity index (χ0) is 22.8. The van der Waals surface area contributed by atoms with E-state index in [-0.39, 0.29) is 0 Å². The van der Waals surface area contributed by atoms with E-state index in [1.165, 1.54) is 64.2 Å². The highest BCUT2D eigenvalue weighted by atomic mass is 16.3. The van der Waals surface area contributed by atoms with Crippen LogP contribution in [-0.2, 0) is 0 Å². The normalized spacial score (nSPS) is 33.4. The SMILES string of the molecule is CN1CCCN(CCCO)C2CCCCC2N(C)CCCN(CCCO)C2CCCCC21. The molecule has 4 atom stereocenters. The zero-order valence-corrected chi connectivity index (χ0v) is 21.1. The van der Waals surface area contributed by atoms with Crippen molar-refractivity contribution < 1.29 is 10.2 Å². The maximum atomic E-state index is 9.51. The van der Waals surface area contributed by atoms with E-state index in [1.54, 1.807) is 0 Å². The summed E-state index contributed by atoms with van der Waals surface area (Å²) < 4.78 is 0. The van der Waals surface area contributed by atoms with Crippen molar-refractivity contribution in [2.24, 2.45) is 0 Å². The number of hydrogen-bond acceptors (Lipinski definition) is 6. The molecule has 2 N–H and O–H groups in total. The molecule has 0 spiro atoms. The van der Waals surface area contributed by atoms with E-state index in [9.17, 15) is 10.2 Å². The monoisotopic (exact) mass is 452 g/mol. The van der Waals surface area contributed by atoms with Crippen molar-refractivity contribution in [3.8, 4) is 0 Å². The van der Waals surface area contributed by atoms with Gasteiger partial charge in [-0.05, 0) is 91.6 Å². The molecular weight excluding hydrogens is 400 g/mol. The van der Waals surface area contributed by atoms with E-state index in [0.29, 0.717) is 37.4 Å². The van der Waals surface area contributed by atoms with Gasteiger partial charge in [-0.1, -0.05) is 25.7 Å². The third kappa shape index (κ3) is 7.38. The summed E-state index contributed by atoms with van der Waals surface area (Å²) in [6.07, 6.45) is 14.9. The van der Waals surface area contributed by atoms with E-state index in [0.717, 1.165) is 52.1 Å². The Morgan fingerprint density at radius 1 is 0.531 bits per heavy atom. The number of likely N-dealkylation sites (N-methyl/N-ethyl adjacent to an activating group) is 2. The Morgan fingerprint density at radius 2 is 0.906 bits per heavy atom. The second kappa shape index (κ2) is 14.2. The number of rotatable bonds is 6. The van der Waals surface area contributed by atoms with Crippen molar-refractivity contribution in [2.45, 2.75) is 101 Å². The fourth-order valence-electron chi connectivity index (χ4n) is 6.88. The van der Waals surface area contributed by atoms with Gasteiger partial charge in [0.1, 0.15) is 0 Å². The van der Waals surface area contributed by atoms with Gasteiger partial charge in [-0.25, -0.2) is 0 Å². The Hall–Kier alpha value is -0.240. The maximum absolute atomic E-state index is 9.51. The Bertz CT molecular complexity index is 464. The van der Waals surface area contributed by atoms with E-state index in [4.69, 9.17) is 0 Å². The molecule has 0 amide bonds. The van der Waals surface area contributed by atoms with Crippen molar-refractivity contribution >= 4 is 0 Å². The fraction of sp³-hybridized carbons (Fsp3) is 1.00. The van der Waals surface area contributed by atoms with Gasteiger partial charge in [-0.3, -0.25) is 9.80 Å². The van der Waals surface area contributed by atoms with Crippen LogP contribution in [0.5, 0.6) is 0 Å². The van der Waals surface area contributed by atoms with Crippen molar-refractivity contribution in [1.82, 2.24) is 19.6 Å². The van der Waals surface area contributed by atoms with Crippen LogP contribution in [0.1, 0.15) is 77.0 Å². The minimum Gasteiger partial charge on any atom is -0.396 e. The molecule has 4 unspecified atom stereocenters. The molecule has 1 heterocycles. The van der Waals surface area contributed by atoms with Gasteiger partial charge in [-0.2, -0.15) is 0 Å². The standard InChI is InChI=1S/C26H52N4O2/c1-27-15-7-17-30(20-10-22-32)26-14-6-4-12-24(26)28(2)16-8-18-29(19-9-21-31)25-13-5-3-11-23(25)27/h23-26,31-32H,3-22H2,1-2H3. The van der Waals surface area contributed by atoms with Crippen LogP contribution in [0, 0.1) is 0 Å². The molecule has 2 aliphatic carbocycles. The minimum absolute atomic E-state index is 0.303. The fourth-order valence-corrected chi connectivity index (χ4v) is 6.88. The first-order valence-electron chi connectivity index (χ1n) is 13.8. The Balaban J connectivity index is 1.76. The molecule has 1 aliphatic heterocycles. The lowest BCUT2D eigenvalue weighted by Crippen LogP contribution is -2.56. The molecule has 188 valence electrons. The van der Waals surface area contributed by atoms with Crippen LogP contribution in [0.4, 0.5) is 0 Å². The smallest absolute Gasteiger partial charge is 0.0443 e. The molecule has 0 aromatic heterocycles. The summed E-state index contributed by atoms with van der Waals surface area (Å²) in [5.41, 5.74) is 0. The number of nitrogens with zero attached hydrogens (tertiary/aromatic N) is 4. The van der Waals surface area contributed by atoms with E-state index in [1.807, 2.05) is 0 Å². The van der Waals surface area contributed by atoms with Crippen LogP contribution in [0.25, 0.3) is 0 Å². The lowest BCUT2D eigenvalue weighted by molar-refractivity contribution is 0.0293. The molecule has 1 saturated heterocycles. The molecular formula is C26H52N4O2. The molecule has 0 radical (unpaired) electrons. The van der Waals surface area contributed by atoms with Crippen LogP contribution >= 0.6 is 0 Å². The first-order chi connectivity index (χ1) is 15.7. The van der Waals surface area contributed by atoms with Gasteiger partial charge in [0, 0.05) is 50.5 Å². The summed E-state index contributed by atoms with van der Waals surface area (Å²) in [5, 5.41) is 19.0. The van der Waals surface area contributed by atoms with Gasteiger partial charge < -0.3 is 20.0 Å². The average Bonchev–Trinajstić information content (AvgIpc) is 2.82. The molecule has 0 aromatic rings. The first-order valence-corrected chi connectivity index (χ1v) is 13.8. The topological polar surface area (TPSA) is 53.4 Å². The molecule has 6 heteroatoms. The van der Waals surface area contributed by atoms with Crippen LogP contribution in [0.2, 0.25) is 0 Å². The van der Waals surface area contributed by atoms with Gasteiger partial charge in [-0.15, -0.1) is 0 Å². The van der Waals surface area contributed by atoms with Gasteiger partial charge in [0.25, 0.3) is 0 Å². The van der Waals surface area contributed by atoms with Gasteiger partial charge >= 0.3 is 0 Å². The largest absolute Gasteiger partial charge is 0.396 e. The number of hydrogen-bond donors (Lipinski definition) is 2. The van der Waals surface area contributed by atoms with E-state index < -0.39 is 0 Å².